The second-order valence-corrected chi connectivity index (χ2v) is 4.08. The lowest BCUT2D eigenvalue weighted by Crippen LogP contribution is -2.30. The topological polar surface area (TPSA) is 88.1 Å². The Labute approximate surface area is 116 Å². The minimum Gasteiger partial charge on any atom is -0.496 e. The Morgan fingerprint density at radius 1 is 1.25 bits per heavy atom. The molecular formula is C15H13N3O2. The van der Waals surface area contributed by atoms with Gasteiger partial charge >= 0.3 is 0 Å². The third kappa shape index (κ3) is 2.60. The van der Waals surface area contributed by atoms with Gasteiger partial charge in [0.2, 0.25) is 0 Å². The highest BCUT2D eigenvalue weighted by atomic mass is 16.5. The van der Waals surface area contributed by atoms with E-state index in [0.717, 1.165) is 11.1 Å². The number of methoxy groups -OCH3 is 1. The lowest BCUT2D eigenvalue weighted by atomic mass is 10.0. The highest BCUT2D eigenvalue weighted by Crippen LogP contribution is 2.27. The van der Waals surface area contributed by atoms with Crippen molar-refractivity contribution in [1.29, 1.82) is 5.26 Å². The zero-order chi connectivity index (χ0) is 14.5. The Morgan fingerprint density at radius 3 is 2.65 bits per heavy atom. The van der Waals surface area contributed by atoms with Gasteiger partial charge in [-0.25, -0.2) is 5.84 Å². The maximum Gasteiger partial charge on any atom is 0.268 e. The molecule has 0 aromatic heterocycles. The van der Waals surface area contributed by atoms with Crippen LogP contribution < -0.4 is 16.0 Å². The summed E-state index contributed by atoms with van der Waals surface area (Å²) in [6.45, 7) is 0. The molecule has 1 amide bonds. The number of carbonyl (C=O) groups is 1. The molecule has 3 N–H and O–H groups in total. The molecule has 0 saturated carbocycles. The molecular weight excluding hydrogens is 254 g/mol. The van der Waals surface area contributed by atoms with Crippen LogP contribution in [0.25, 0.3) is 11.1 Å². The van der Waals surface area contributed by atoms with Crippen molar-refractivity contribution in [3.8, 4) is 22.9 Å². The number of rotatable bonds is 3. The van der Waals surface area contributed by atoms with Gasteiger partial charge in [0, 0.05) is 0 Å². The van der Waals surface area contributed by atoms with Crippen LogP contribution in [0.2, 0.25) is 0 Å². The van der Waals surface area contributed by atoms with Crippen LogP contribution in [0.1, 0.15) is 15.9 Å². The lowest BCUT2D eigenvalue weighted by molar-refractivity contribution is 0.0950. The summed E-state index contributed by atoms with van der Waals surface area (Å²) in [4.78, 5) is 11.6. The second kappa shape index (κ2) is 5.87. The first-order chi connectivity index (χ1) is 9.69. The van der Waals surface area contributed by atoms with E-state index in [9.17, 15) is 4.79 Å². The van der Waals surface area contributed by atoms with Gasteiger partial charge in [0.25, 0.3) is 5.91 Å². The number of nitrogens with zero attached hydrogens (tertiary/aromatic N) is 1. The molecule has 2 rings (SSSR count). The van der Waals surface area contributed by atoms with Crippen LogP contribution in [0.15, 0.2) is 42.5 Å². The van der Waals surface area contributed by atoms with Crippen molar-refractivity contribution in [1.82, 2.24) is 5.43 Å². The van der Waals surface area contributed by atoms with Crippen molar-refractivity contribution in [2.45, 2.75) is 0 Å². The van der Waals surface area contributed by atoms with E-state index in [0.29, 0.717) is 16.9 Å². The highest BCUT2D eigenvalue weighted by Gasteiger charge is 2.12. The molecule has 0 heterocycles. The fourth-order valence-corrected chi connectivity index (χ4v) is 1.90. The fourth-order valence-electron chi connectivity index (χ4n) is 1.90. The third-order valence-electron chi connectivity index (χ3n) is 2.90. The van der Waals surface area contributed by atoms with Crippen LogP contribution in [0.4, 0.5) is 0 Å². The average Bonchev–Trinajstić information content (AvgIpc) is 2.53. The summed E-state index contributed by atoms with van der Waals surface area (Å²) in [5.41, 5.74) is 4.73. The maximum absolute atomic E-state index is 11.6. The molecule has 0 unspecified atom stereocenters. The molecule has 5 nitrogen and oxygen atoms in total. The maximum atomic E-state index is 11.6. The van der Waals surface area contributed by atoms with E-state index >= 15 is 0 Å². The number of amides is 1. The summed E-state index contributed by atoms with van der Waals surface area (Å²) in [5.74, 6) is 5.13. The predicted molar refractivity (Wildman–Crippen MR) is 74.8 cm³/mol. The number of nitriles is 1. The van der Waals surface area contributed by atoms with Gasteiger partial charge in [0.05, 0.1) is 24.3 Å². The Kier molecular flexibility index (Phi) is 3.99. The number of hydrogen-bond acceptors (Lipinski definition) is 4. The minimum atomic E-state index is -0.417. The first-order valence-corrected chi connectivity index (χ1v) is 5.89. The van der Waals surface area contributed by atoms with Gasteiger partial charge < -0.3 is 4.74 Å². The molecule has 20 heavy (non-hydrogen) atoms. The quantitative estimate of drug-likeness (QED) is 0.504. The number of hydrazine groups is 1. The van der Waals surface area contributed by atoms with Gasteiger partial charge in [0.1, 0.15) is 5.75 Å². The van der Waals surface area contributed by atoms with Crippen LogP contribution in [0.5, 0.6) is 5.75 Å². The largest absolute Gasteiger partial charge is 0.496 e. The first-order valence-electron chi connectivity index (χ1n) is 5.89. The van der Waals surface area contributed by atoms with E-state index in [4.69, 9.17) is 15.8 Å². The van der Waals surface area contributed by atoms with E-state index in [1.54, 1.807) is 36.4 Å². The number of hydrogen-bond donors (Lipinski definition) is 2. The molecule has 100 valence electrons. The summed E-state index contributed by atoms with van der Waals surface area (Å²) in [6, 6.07) is 14.4. The van der Waals surface area contributed by atoms with Crippen LogP contribution >= 0.6 is 0 Å². The summed E-state index contributed by atoms with van der Waals surface area (Å²) in [7, 11) is 1.48. The number of nitrogens with two attached hydrogens (primary N) is 1. The fraction of sp³-hybridized carbons (Fsp3) is 0.0667. The van der Waals surface area contributed by atoms with Crippen LogP contribution in [-0.2, 0) is 0 Å². The van der Waals surface area contributed by atoms with Gasteiger partial charge in [-0.05, 0) is 35.4 Å². The SMILES string of the molecule is COc1cc(-c2cccc(C#N)c2)ccc1C(=O)NN. The molecule has 0 aliphatic heterocycles. The molecule has 0 spiro atoms. The second-order valence-electron chi connectivity index (χ2n) is 4.08. The zero-order valence-corrected chi connectivity index (χ0v) is 10.9. The molecule has 2 aromatic carbocycles. The van der Waals surface area contributed by atoms with Gasteiger partial charge in [0.15, 0.2) is 0 Å². The normalized spacial score (nSPS) is 9.65. The Hall–Kier alpha value is -2.84. The predicted octanol–water partition coefficient (Wildman–Crippen LogP) is 1.84. The van der Waals surface area contributed by atoms with Crippen LogP contribution in [0, 0.1) is 11.3 Å². The zero-order valence-electron chi connectivity index (χ0n) is 10.9. The molecule has 0 aliphatic rings. The molecule has 2 aromatic rings. The van der Waals surface area contributed by atoms with Gasteiger partial charge in [-0.2, -0.15) is 5.26 Å². The molecule has 0 bridgehead atoms. The average molecular weight is 267 g/mol. The van der Waals surface area contributed by atoms with Crippen molar-refractivity contribution in [2.24, 2.45) is 5.84 Å². The highest BCUT2D eigenvalue weighted by molar-refractivity contribution is 5.97. The Morgan fingerprint density at radius 2 is 2.00 bits per heavy atom. The van der Waals surface area contributed by atoms with Gasteiger partial charge in [-0.15, -0.1) is 0 Å². The van der Waals surface area contributed by atoms with Crippen molar-refractivity contribution >= 4 is 5.91 Å². The standard InChI is InChI=1S/C15H13N3O2/c1-20-14-8-12(5-6-13(14)15(19)18-17)11-4-2-3-10(7-11)9-16/h2-8H,17H2,1H3,(H,18,19). The smallest absolute Gasteiger partial charge is 0.268 e. The molecule has 0 saturated heterocycles. The van der Waals surface area contributed by atoms with E-state index in [-0.39, 0.29) is 0 Å². The van der Waals surface area contributed by atoms with E-state index in [2.05, 4.69) is 11.5 Å². The Balaban J connectivity index is 2.49. The van der Waals surface area contributed by atoms with Crippen molar-refractivity contribution < 1.29 is 9.53 Å². The lowest BCUT2D eigenvalue weighted by Gasteiger charge is -2.10. The molecule has 0 radical (unpaired) electrons. The first kappa shape index (κ1) is 13.6. The van der Waals surface area contributed by atoms with E-state index in [1.807, 2.05) is 6.07 Å². The number of benzene rings is 2. The van der Waals surface area contributed by atoms with E-state index < -0.39 is 5.91 Å². The summed E-state index contributed by atoms with van der Waals surface area (Å²) in [5, 5.41) is 8.92. The number of nitrogen functional groups attached to an aromatic ring is 1. The van der Waals surface area contributed by atoms with E-state index in [1.165, 1.54) is 7.11 Å². The third-order valence-corrected chi connectivity index (χ3v) is 2.90. The molecule has 0 aliphatic carbocycles. The Bertz CT molecular complexity index is 690. The number of carbonyl (C=O) groups excluding carboxylic acids is 1. The molecule has 0 atom stereocenters. The summed E-state index contributed by atoms with van der Waals surface area (Å²) < 4.78 is 5.21. The monoisotopic (exact) mass is 267 g/mol. The van der Waals surface area contributed by atoms with Crippen molar-refractivity contribution in [3.05, 3.63) is 53.6 Å². The molecule has 0 fully saturated rings. The van der Waals surface area contributed by atoms with Gasteiger partial charge in [-0.3, -0.25) is 10.2 Å². The molecule has 5 heteroatoms. The summed E-state index contributed by atoms with van der Waals surface area (Å²) in [6.07, 6.45) is 0. The summed E-state index contributed by atoms with van der Waals surface area (Å²) >= 11 is 0. The van der Waals surface area contributed by atoms with Crippen molar-refractivity contribution in [3.63, 3.8) is 0 Å². The van der Waals surface area contributed by atoms with Gasteiger partial charge in [-0.1, -0.05) is 18.2 Å². The number of ether oxygens (including phenoxy) is 1. The van der Waals surface area contributed by atoms with Crippen molar-refractivity contribution in [2.75, 3.05) is 7.11 Å². The minimum absolute atomic E-state index is 0.357. The number of nitrogens with one attached hydrogen (secondary N) is 1. The van der Waals surface area contributed by atoms with Crippen LogP contribution in [-0.4, -0.2) is 13.0 Å². The van der Waals surface area contributed by atoms with Crippen LogP contribution in [0.3, 0.4) is 0 Å².